The third-order valence-electron chi connectivity index (χ3n) is 2.24. The number of rotatable bonds is 9. The lowest BCUT2D eigenvalue weighted by molar-refractivity contribution is 0.0650. The zero-order valence-electron chi connectivity index (χ0n) is 10.8. The summed E-state index contributed by atoms with van der Waals surface area (Å²) in [5.74, 6) is 0.939. The summed E-state index contributed by atoms with van der Waals surface area (Å²) in [6.45, 7) is 7.53. The van der Waals surface area contributed by atoms with Gasteiger partial charge in [-0.25, -0.2) is 9.67 Å². The zero-order chi connectivity index (χ0) is 12.5. The maximum Gasteiger partial charge on any atom is 0.140 e. The number of nitrogens with one attached hydrogen (secondary N) is 1. The highest BCUT2D eigenvalue weighted by Crippen LogP contribution is 1.95. The van der Waals surface area contributed by atoms with Gasteiger partial charge in [0.1, 0.15) is 12.2 Å². The van der Waals surface area contributed by atoms with Crippen LogP contribution < -0.4 is 5.32 Å². The molecule has 1 N–H and O–H groups in total. The van der Waals surface area contributed by atoms with Crippen molar-refractivity contribution in [2.75, 3.05) is 26.9 Å². The van der Waals surface area contributed by atoms with Crippen molar-refractivity contribution in [2.45, 2.75) is 33.0 Å². The molecule has 0 fully saturated rings. The molecule has 0 aromatic carbocycles. The lowest BCUT2D eigenvalue weighted by Gasteiger charge is -2.09. The van der Waals surface area contributed by atoms with Crippen LogP contribution in [-0.2, 0) is 22.6 Å². The van der Waals surface area contributed by atoms with Crippen molar-refractivity contribution in [1.29, 1.82) is 0 Å². The maximum atomic E-state index is 5.39. The molecule has 1 aromatic heterocycles. The van der Waals surface area contributed by atoms with E-state index in [0.717, 1.165) is 18.9 Å². The molecule has 0 amide bonds. The molecule has 1 heterocycles. The Morgan fingerprint density at radius 2 is 2.18 bits per heavy atom. The van der Waals surface area contributed by atoms with Crippen LogP contribution in [0.4, 0.5) is 0 Å². The molecule has 0 atom stereocenters. The monoisotopic (exact) mass is 242 g/mol. The molecule has 98 valence electrons. The molecule has 6 nitrogen and oxygen atoms in total. The first-order chi connectivity index (χ1) is 8.24. The van der Waals surface area contributed by atoms with Crippen molar-refractivity contribution in [1.82, 2.24) is 20.1 Å². The second-order valence-corrected chi connectivity index (χ2v) is 4.04. The largest absolute Gasteiger partial charge is 0.382 e. The van der Waals surface area contributed by atoms with E-state index in [4.69, 9.17) is 9.47 Å². The number of methoxy groups -OCH3 is 1. The Morgan fingerprint density at radius 3 is 2.88 bits per heavy atom. The lowest BCUT2D eigenvalue weighted by Crippen LogP contribution is -2.25. The molecule has 0 unspecified atom stereocenters. The molecule has 17 heavy (non-hydrogen) atoms. The molecule has 0 bridgehead atoms. The zero-order valence-corrected chi connectivity index (χ0v) is 10.8. The van der Waals surface area contributed by atoms with Gasteiger partial charge in [0.25, 0.3) is 0 Å². The highest BCUT2D eigenvalue weighted by atomic mass is 16.5. The molecule has 1 aromatic rings. The van der Waals surface area contributed by atoms with Crippen LogP contribution in [0.2, 0.25) is 0 Å². The summed E-state index contributed by atoms with van der Waals surface area (Å²) < 4.78 is 12.2. The van der Waals surface area contributed by atoms with Gasteiger partial charge in [-0.3, -0.25) is 0 Å². The number of ether oxygens (including phenoxy) is 2. The van der Waals surface area contributed by atoms with E-state index in [1.807, 2.05) is 4.68 Å². The van der Waals surface area contributed by atoms with Crippen LogP contribution in [0.15, 0.2) is 6.33 Å². The Hall–Kier alpha value is -0.980. The van der Waals surface area contributed by atoms with Crippen molar-refractivity contribution in [3.8, 4) is 0 Å². The minimum absolute atomic E-state index is 0.443. The van der Waals surface area contributed by atoms with Crippen LogP contribution in [0.5, 0.6) is 0 Å². The SMILES string of the molecule is COCCOCCn1ncnc1CNC(C)C. The summed E-state index contributed by atoms with van der Waals surface area (Å²) in [4.78, 5) is 4.21. The second-order valence-electron chi connectivity index (χ2n) is 4.04. The molecule has 0 saturated heterocycles. The second kappa shape index (κ2) is 8.16. The van der Waals surface area contributed by atoms with E-state index in [-0.39, 0.29) is 0 Å². The van der Waals surface area contributed by atoms with E-state index in [0.29, 0.717) is 25.9 Å². The van der Waals surface area contributed by atoms with Gasteiger partial charge in [-0.1, -0.05) is 13.8 Å². The quantitative estimate of drug-likeness (QED) is 0.637. The third-order valence-corrected chi connectivity index (χ3v) is 2.24. The average Bonchev–Trinajstić information content (AvgIpc) is 2.73. The molecule has 0 spiro atoms. The fourth-order valence-electron chi connectivity index (χ4n) is 1.30. The van der Waals surface area contributed by atoms with Crippen molar-refractivity contribution in [2.24, 2.45) is 0 Å². The van der Waals surface area contributed by atoms with Gasteiger partial charge < -0.3 is 14.8 Å². The van der Waals surface area contributed by atoms with E-state index in [1.54, 1.807) is 13.4 Å². The first-order valence-electron chi connectivity index (χ1n) is 5.90. The van der Waals surface area contributed by atoms with Gasteiger partial charge in [0, 0.05) is 13.2 Å². The Bertz CT molecular complexity index is 301. The predicted molar refractivity (Wildman–Crippen MR) is 64.7 cm³/mol. The summed E-state index contributed by atoms with van der Waals surface area (Å²) >= 11 is 0. The molecule has 0 radical (unpaired) electrons. The topological polar surface area (TPSA) is 61.2 Å². The van der Waals surface area contributed by atoms with Crippen LogP contribution >= 0.6 is 0 Å². The van der Waals surface area contributed by atoms with Gasteiger partial charge in [-0.05, 0) is 0 Å². The fraction of sp³-hybridized carbons (Fsp3) is 0.818. The molecule has 1 rings (SSSR count). The average molecular weight is 242 g/mol. The number of hydrogen-bond donors (Lipinski definition) is 1. The molecule has 0 aliphatic heterocycles. The van der Waals surface area contributed by atoms with E-state index in [1.165, 1.54) is 0 Å². The fourth-order valence-corrected chi connectivity index (χ4v) is 1.30. The first-order valence-corrected chi connectivity index (χ1v) is 5.90. The molecule has 0 aliphatic rings. The van der Waals surface area contributed by atoms with Crippen LogP contribution in [0.25, 0.3) is 0 Å². The maximum absolute atomic E-state index is 5.39. The van der Waals surface area contributed by atoms with Crippen molar-refractivity contribution >= 4 is 0 Å². The Balaban J connectivity index is 2.25. The number of nitrogens with zero attached hydrogens (tertiary/aromatic N) is 3. The highest BCUT2D eigenvalue weighted by Gasteiger charge is 2.04. The van der Waals surface area contributed by atoms with Crippen molar-refractivity contribution < 1.29 is 9.47 Å². The molecular formula is C11H22N4O2. The summed E-state index contributed by atoms with van der Waals surface area (Å²) in [5.41, 5.74) is 0. The number of hydrogen-bond acceptors (Lipinski definition) is 5. The highest BCUT2D eigenvalue weighted by molar-refractivity contribution is 4.84. The molecular weight excluding hydrogens is 220 g/mol. The van der Waals surface area contributed by atoms with E-state index < -0.39 is 0 Å². The van der Waals surface area contributed by atoms with Gasteiger partial charge in [-0.2, -0.15) is 5.10 Å². The van der Waals surface area contributed by atoms with Gasteiger partial charge in [0.15, 0.2) is 0 Å². The number of aromatic nitrogens is 3. The predicted octanol–water partition coefficient (Wildman–Crippen LogP) is 0.439. The minimum Gasteiger partial charge on any atom is -0.382 e. The Kier molecular flexibility index (Phi) is 6.76. The Morgan fingerprint density at radius 1 is 1.35 bits per heavy atom. The van der Waals surface area contributed by atoms with Gasteiger partial charge >= 0.3 is 0 Å². The van der Waals surface area contributed by atoms with Crippen LogP contribution in [0.3, 0.4) is 0 Å². The van der Waals surface area contributed by atoms with E-state index >= 15 is 0 Å². The van der Waals surface area contributed by atoms with E-state index in [9.17, 15) is 0 Å². The first kappa shape index (κ1) is 14.1. The summed E-state index contributed by atoms with van der Waals surface area (Å²) in [7, 11) is 1.66. The molecule has 0 saturated carbocycles. The molecule has 0 aliphatic carbocycles. The van der Waals surface area contributed by atoms with Crippen LogP contribution in [0.1, 0.15) is 19.7 Å². The summed E-state index contributed by atoms with van der Waals surface area (Å²) in [6, 6.07) is 0.443. The minimum atomic E-state index is 0.443. The van der Waals surface area contributed by atoms with Gasteiger partial charge in [0.05, 0.1) is 32.9 Å². The van der Waals surface area contributed by atoms with E-state index in [2.05, 4.69) is 29.2 Å². The van der Waals surface area contributed by atoms with Gasteiger partial charge in [-0.15, -0.1) is 0 Å². The van der Waals surface area contributed by atoms with Crippen molar-refractivity contribution in [3.05, 3.63) is 12.2 Å². The van der Waals surface area contributed by atoms with Crippen LogP contribution in [0, 0.1) is 0 Å². The summed E-state index contributed by atoms with van der Waals surface area (Å²) in [5, 5.41) is 7.48. The van der Waals surface area contributed by atoms with Crippen molar-refractivity contribution in [3.63, 3.8) is 0 Å². The standard InChI is InChI=1S/C11H22N4O2/c1-10(2)12-8-11-13-9-14-15(11)4-5-17-7-6-16-3/h9-10,12H,4-8H2,1-3H3. The van der Waals surface area contributed by atoms with Gasteiger partial charge in [0.2, 0.25) is 0 Å². The normalized spacial score (nSPS) is 11.3. The third kappa shape index (κ3) is 5.76. The smallest absolute Gasteiger partial charge is 0.140 e. The lowest BCUT2D eigenvalue weighted by atomic mass is 10.4. The Labute approximate surface area is 102 Å². The molecule has 6 heteroatoms. The summed E-state index contributed by atoms with van der Waals surface area (Å²) in [6.07, 6.45) is 1.58. The van der Waals surface area contributed by atoms with Crippen LogP contribution in [-0.4, -0.2) is 47.7 Å².